The van der Waals surface area contributed by atoms with Crippen LogP contribution in [0.15, 0.2) is 89.8 Å². The van der Waals surface area contributed by atoms with Crippen LogP contribution in [0.1, 0.15) is 30.0 Å². The lowest BCUT2D eigenvalue weighted by Crippen LogP contribution is -2.51. The zero-order chi connectivity index (χ0) is 27.4. The highest BCUT2D eigenvalue weighted by atomic mass is 32.2. The molecule has 0 aliphatic carbocycles. The highest BCUT2D eigenvalue weighted by Crippen LogP contribution is 2.18. The van der Waals surface area contributed by atoms with E-state index in [4.69, 9.17) is 0 Å². The van der Waals surface area contributed by atoms with Gasteiger partial charge >= 0.3 is 0 Å². The Kier molecular flexibility index (Phi) is 11.0. The Morgan fingerprint density at radius 2 is 1.47 bits per heavy atom. The number of hydrogen-bond donors (Lipinski definition) is 3. The third kappa shape index (κ3) is 8.51. The molecule has 0 heterocycles. The van der Waals surface area contributed by atoms with Crippen LogP contribution in [-0.4, -0.2) is 56.0 Å². The molecule has 2 amide bonds. The van der Waals surface area contributed by atoms with Crippen LogP contribution in [0.2, 0.25) is 0 Å². The van der Waals surface area contributed by atoms with E-state index in [0.717, 1.165) is 16.7 Å². The van der Waals surface area contributed by atoms with Gasteiger partial charge in [-0.15, -0.1) is 0 Å². The number of aryl methyl sites for hydroxylation is 1. The van der Waals surface area contributed by atoms with Crippen molar-refractivity contribution >= 4 is 21.8 Å². The second kappa shape index (κ2) is 14.4. The predicted molar refractivity (Wildman–Crippen MR) is 147 cm³/mol. The van der Waals surface area contributed by atoms with Crippen LogP contribution in [-0.2, 0) is 39.0 Å². The van der Waals surface area contributed by atoms with E-state index >= 15 is 0 Å². The van der Waals surface area contributed by atoms with Crippen LogP contribution in [0.3, 0.4) is 0 Å². The van der Waals surface area contributed by atoms with Gasteiger partial charge in [-0.25, -0.2) is 13.1 Å². The summed E-state index contributed by atoms with van der Waals surface area (Å²) in [7, 11) is -3.55. The molecule has 38 heavy (non-hydrogen) atoms. The molecule has 0 fully saturated rings. The number of benzene rings is 3. The zero-order valence-electron chi connectivity index (χ0n) is 21.5. The van der Waals surface area contributed by atoms with Crippen molar-refractivity contribution in [1.82, 2.24) is 14.9 Å². The largest absolute Gasteiger partial charge is 0.395 e. The van der Waals surface area contributed by atoms with Crippen molar-refractivity contribution in [3.05, 3.63) is 102 Å². The highest BCUT2D eigenvalue weighted by Gasteiger charge is 2.30. The van der Waals surface area contributed by atoms with E-state index in [1.807, 2.05) is 60.7 Å². The maximum absolute atomic E-state index is 13.6. The van der Waals surface area contributed by atoms with Crippen molar-refractivity contribution in [1.29, 1.82) is 0 Å². The van der Waals surface area contributed by atoms with Gasteiger partial charge in [0.15, 0.2) is 0 Å². The lowest BCUT2D eigenvalue weighted by atomic mass is 10.0. The van der Waals surface area contributed by atoms with Crippen molar-refractivity contribution in [2.45, 2.75) is 43.7 Å². The molecule has 0 spiro atoms. The second-order valence-electron chi connectivity index (χ2n) is 8.87. The molecule has 0 unspecified atom stereocenters. The number of nitrogens with one attached hydrogen (secondary N) is 2. The lowest BCUT2D eigenvalue weighted by molar-refractivity contribution is -0.141. The number of aliphatic hydroxyl groups excluding tert-OH is 1. The SMILES string of the molecule is CCNS(=O)(=O)c1ccc(CCC(=O)N(Cc2ccccc2)[C@H](Cc2ccccc2)C(=O)NCCO)cc1. The average Bonchev–Trinajstić information content (AvgIpc) is 2.93. The monoisotopic (exact) mass is 537 g/mol. The maximum Gasteiger partial charge on any atom is 0.243 e. The maximum atomic E-state index is 13.6. The fraction of sp³-hybridized carbons (Fsp3) is 0.310. The standard InChI is InChI=1S/C29H35N3O5S/c1-2-31-38(36,37)26-16-13-23(14-17-26)15-18-28(34)32(22-25-11-7-4-8-12-25)27(29(35)30-19-20-33)21-24-9-5-3-6-10-24/h3-14,16-17,27,31,33H,2,15,18-22H2,1H3,(H,30,35)/t27-/m1/s1. The minimum atomic E-state index is -3.55. The van der Waals surface area contributed by atoms with E-state index in [1.54, 1.807) is 24.0 Å². The van der Waals surface area contributed by atoms with Gasteiger partial charge in [0.25, 0.3) is 0 Å². The summed E-state index contributed by atoms with van der Waals surface area (Å²) in [4.78, 5) is 28.6. The van der Waals surface area contributed by atoms with E-state index in [0.29, 0.717) is 19.4 Å². The quantitative estimate of drug-likeness (QED) is 0.292. The molecule has 0 aliphatic heterocycles. The normalized spacial score (nSPS) is 12.1. The summed E-state index contributed by atoms with van der Waals surface area (Å²) in [5.74, 6) is -0.525. The average molecular weight is 538 g/mol. The summed E-state index contributed by atoms with van der Waals surface area (Å²) in [6.45, 7) is 2.17. The van der Waals surface area contributed by atoms with Crippen molar-refractivity contribution in [3.8, 4) is 0 Å². The third-order valence-corrected chi connectivity index (χ3v) is 7.63. The van der Waals surface area contributed by atoms with Gasteiger partial charge < -0.3 is 15.3 Å². The van der Waals surface area contributed by atoms with Crippen LogP contribution in [0.4, 0.5) is 0 Å². The molecule has 3 aromatic carbocycles. The molecule has 1 atom stereocenters. The van der Waals surface area contributed by atoms with E-state index in [2.05, 4.69) is 10.0 Å². The predicted octanol–water partition coefficient (Wildman–Crippen LogP) is 2.67. The number of nitrogens with zero attached hydrogens (tertiary/aromatic N) is 1. The molecule has 202 valence electrons. The Bertz CT molecular complexity index is 1270. The van der Waals surface area contributed by atoms with Gasteiger partial charge in [0, 0.05) is 32.5 Å². The van der Waals surface area contributed by atoms with Gasteiger partial charge in [0.2, 0.25) is 21.8 Å². The molecular formula is C29H35N3O5S. The number of amides is 2. The molecule has 3 aromatic rings. The first-order valence-electron chi connectivity index (χ1n) is 12.7. The summed E-state index contributed by atoms with van der Waals surface area (Å²) < 4.78 is 26.9. The molecule has 0 aliphatic rings. The zero-order valence-corrected chi connectivity index (χ0v) is 22.4. The first kappa shape index (κ1) is 29.0. The van der Waals surface area contributed by atoms with Crippen molar-refractivity contribution < 1.29 is 23.1 Å². The Balaban J connectivity index is 1.83. The summed E-state index contributed by atoms with van der Waals surface area (Å²) in [6, 6.07) is 24.7. The molecule has 0 aromatic heterocycles. The van der Waals surface area contributed by atoms with Crippen LogP contribution in [0.5, 0.6) is 0 Å². The van der Waals surface area contributed by atoms with Crippen molar-refractivity contribution in [3.63, 3.8) is 0 Å². The van der Waals surface area contributed by atoms with Gasteiger partial charge in [-0.05, 0) is 35.2 Å². The fourth-order valence-corrected chi connectivity index (χ4v) is 5.18. The van der Waals surface area contributed by atoms with Gasteiger partial charge in [-0.3, -0.25) is 9.59 Å². The minimum Gasteiger partial charge on any atom is -0.395 e. The van der Waals surface area contributed by atoms with Crippen LogP contribution < -0.4 is 10.0 Å². The molecule has 0 bridgehead atoms. The molecule has 3 N–H and O–H groups in total. The van der Waals surface area contributed by atoms with E-state index in [-0.39, 0.29) is 42.8 Å². The van der Waals surface area contributed by atoms with Gasteiger partial charge in [0.1, 0.15) is 6.04 Å². The molecule has 0 saturated carbocycles. The Hall–Kier alpha value is -3.53. The van der Waals surface area contributed by atoms with E-state index < -0.39 is 16.1 Å². The van der Waals surface area contributed by atoms with Crippen LogP contribution in [0, 0.1) is 0 Å². The van der Waals surface area contributed by atoms with Crippen molar-refractivity contribution in [2.75, 3.05) is 19.7 Å². The smallest absolute Gasteiger partial charge is 0.243 e. The number of hydrogen-bond acceptors (Lipinski definition) is 5. The molecule has 0 saturated heterocycles. The topological polar surface area (TPSA) is 116 Å². The van der Waals surface area contributed by atoms with E-state index in [1.165, 1.54) is 12.1 Å². The van der Waals surface area contributed by atoms with Crippen LogP contribution in [0.25, 0.3) is 0 Å². The van der Waals surface area contributed by atoms with Gasteiger partial charge in [-0.1, -0.05) is 79.7 Å². The van der Waals surface area contributed by atoms with Gasteiger partial charge in [-0.2, -0.15) is 0 Å². The first-order chi connectivity index (χ1) is 18.3. The first-order valence-corrected chi connectivity index (χ1v) is 14.2. The molecular weight excluding hydrogens is 502 g/mol. The number of aliphatic hydroxyl groups is 1. The summed E-state index contributed by atoms with van der Waals surface area (Å²) in [6.07, 6.45) is 0.861. The summed E-state index contributed by atoms with van der Waals surface area (Å²) in [5, 5.41) is 12.0. The third-order valence-electron chi connectivity index (χ3n) is 6.07. The fourth-order valence-electron chi connectivity index (χ4n) is 4.13. The molecule has 0 radical (unpaired) electrons. The van der Waals surface area contributed by atoms with Gasteiger partial charge in [0.05, 0.1) is 11.5 Å². The Morgan fingerprint density at radius 1 is 0.868 bits per heavy atom. The second-order valence-corrected chi connectivity index (χ2v) is 10.6. The summed E-state index contributed by atoms with van der Waals surface area (Å²) >= 11 is 0. The Morgan fingerprint density at radius 3 is 2.05 bits per heavy atom. The number of sulfonamides is 1. The van der Waals surface area contributed by atoms with Crippen molar-refractivity contribution in [2.24, 2.45) is 0 Å². The number of carbonyl (C=O) groups is 2. The van der Waals surface area contributed by atoms with E-state index in [9.17, 15) is 23.1 Å². The highest BCUT2D eigenvalue weighted by molar-refractivity contribution is 7.89. The Labute approximate surface area is 224 Å². The molecule has 8 nitrogen and oxygen atoms in total. The number of carbonyl (C=O) groups excluding carboxylic acids is 2. The minimum absolute atomic E-state index is 0.0969. The molecule has 3 rings (SSSR count). The lowest BCUT2D eigenvalue weighted by Gasteiger charge is -2.31. The summed E-state index contributed by atoms with van der Waals surface area (Å²) in [5.41, 5.74) is 2.63. The molecule has 9 heteroatoms. The number of rotatable bonds is 14. The van der Waals surface area contributed by atoms with Crippen LogP contribution >= 0.6 is 0 Å².